The van der Waals surface area contributed by atoms with Gasteiger partial charge in [-0.1, -0.05) is 0 Å². The highest BCUT2D eigenvalue weighted by Gasteiger charge is 2.52. The lowest BCUT2D eigenvalue weighted by molar-refractivity contribution is -0.136. The van der Waals surface area contributed by atoms with E-state index in [-0.39, 0.29) is 30.8 Å². The molecule has 1 atom stereocenters. The van der Waals surface area contributed by atoms with Crippen molar-refractivity contribution in [1.29, 1.82) is 0 Å². The molecule has 1 spiro atoms. The average molecular weight is 383 g/mol. The topological polar surface area (TPSA) is 107 Å². The lowest BCUT2D eigenvalue weighted by Gasteiger charge is -2.59. The van der Waals surface area contributed by atoms with Crippen molar-refractivity contribution in [2.24, 2.45) is 11.3 Å². The van der Waals surface area contributed by atoms with Crippen LogP contribution in [0, 0.1) is 11.3 Å². The molecule has 1 aliphatic carbocycles. The summed E-state index contributed by atoms with van der Waals surface area (Å²) in [5, 5.41) is 11.4. The summed E-state index contributed by atoms with van der Waals surface area (Å²) in [6.07, 6.45) is 2.33. The summed E-state index contributed by atoms with van der Waals surface area (Å²) in [6, 6.07) is 4.29. The number of nitrogens with zero attached hydrogens (tertiary/aromatic N) is 2. The van der Waals surface area contributed by atoms with Gasteiger partial charge in [0.2, 0.25) is 11.8 Å². The van der Waals surface area contributed by atoms with Crippen molar-refractivity contribution in [3.63, 3.8) is 0 Å². The van der Waals surface area contributed by atoms with E-state index in [0.717, 1.165) is 36.5 Å². The first kappa shape index (κ1) is 17.4. The lowest BCUT2D eigenvalue weighted by Crippen LogP contribution is -2.63. The molecule has 0 radical (unpaired) electrons. The van der Waals surface area contributed by atoms with Gasteiger partial charge in [-0.05, 0) is 43.4 Å². The maximum atomic E-state index is 12.9. The minimum atomic E-state index is -0.939. The molecule has 8 nitrogen and oxygen atoms in total. The Morgan fingerprint density at radius 1 is 1.07 bits per heavy atom. The van der Waals surface area contributed by atoms with Gasteiger partial charge in [-0.25, -0.2) is 0 Å². The molecule has 1 aromatic carbocycles. The van der Waals surface area contributed by atoms with Crippen LogP contribution in [0.15, 0.2) is 18.2 Å². The zero-order chi connectivity index (χ0) is 19.6. The molecule has 1 unspecified atom stereocenters. The SMILES string of the molecule is O=C1CCC(N2C(=O)c3ccc(N4CC5(CC(CO)C5)C4)cc3C2=O)C(=O)N1. The fraction of sp³-hybridized carbons (Fsp3) is 0.500. The van der Waals surface area contributed by atoms with Crippen molar-refractivity contribution >= 4 is 29.3 Å². The van der Waals surface area contributed by atoms with Gasteiger partial charge in [0.1, 0.15) is 6.04 Å². The quantitative estimate of drug-likeness (QED) is 0.727. The molecule has 146 valence electrons. The number of hydrogen-bond acceptors (Lipinski definition) is 6. The molecular formula is C20H21N3O5. The number of piperidine rings is 1. The Balaban J connectivity index is 1.34. The average Bonchev–Trinajstić information content (AvgIpc) is 2.84. The molecule has 5 rings (SSSR count). The highest BCUT2D eigenvalue weighted by molar-refractivity contribution is 6.23. The van der Waals surface area contributed by atoms with Crippen molar-refractivity contribution < 1.29 is 24.3 Å². The predicted molar refractivity (Wildman–Crippen MR) is 97.6 cm³/mol. The van der Waals surface area contributed by atoms with E-state index in [1.807, 2.05) is 6.07 Å². The van der Waals surface area contributed by atoms with Gasteiger partial charge in [0.15, 0.2) is 0 Å². The standard InChI is InChI=1S/C20H21N3O5/c24-8-11-6-20(7-11)9-22(10-20)12-1-2-13-14(5-12)19(28)23(18(13)27)15-3-4-16(25)21-17(15)26/h1-2,5,11,15,24H,3-4,6-10H2,(H,21,25,26). The van der Waals surface area contributed by atoms with Crippen LogP contribution in [0.1, 0.15) is 46.4 Å². The van der Waals surface area contributed by atoms with Crippen LogP contribution in [-0.2, 0) is 9.59 Å². The van der Waals surface area contributed by atoms with Crippen LogP contribution in [0.25, 0.3) is 0 Å². The van der Waals surface area contributed by atoms with Gasteiger partial charge in [-0.3, -0.25) is 29.4 Å². The number of rotatable bonds is 3. The van der Waals surface area contributed by atoms with Crippen LogP contribution in [0.3, 0.4) is 0 Å². The van der Waals surface area contributed by atoms with Crippen molar-refractivity contribution in [3.8, 4) is 0 Å². The molecule has 4 amide bonds. The van der Waals surface area contributed by atoms with E-state index in [9.17, 15) is 24.3 Å². The van der Waals surface area contributed by atoms with Gasteiger partial charge in [0.05, 0.1) is 11.1 Å². The maximum absolute atomic E-state index is 12.9. The van der Waals surface area contributed by atoms with E-state index in [1.165, 1.54) is 0 Å². The van der Waals surface area contributed by atoms with E-state index in [2.05, 4.69) is 10.2 Å². The molecule has 2 saturated heterocycles. The Morgan fingerprint density at radius 2 is 1.79 bits per heavy atom. The van der Waals surface area contributed by atoms with Crippen LogP contribution >= 0.6 is 0 Å². The first-order chi connectivity index (χ1) is 13.4. The highest BCUT2D eigenvalue weighted by Crippen LogP contribution is 2.52. The van der Waals surface area contributed by atoms with Crippen molar-refractivity contribution in [2.45, 2.75) is 31.7 Å². The number of carbonyl (C=O) groups is 4. The summed E-state index contributed by atoms with van der Waals surface area (Å²) in [6.45, 7) is 2.02. The Hall–Kier alpha value is -2.74. The Morgan fingerprint density at radius 3 is 2.46 bits per heavy atom. The van der Waals surface area contributed by atoms with Crippen molar-refractivity contribution in [1.82, 2.24) is 10.2 Å². The van der Waals surface area contributed by atoms with Gasteiger partial charge in [0, 0.05) is 37.2 Å². The second-order valence-corrected chi connectivity index (χ2v) is 8.49. The largest absolute Gasteiger partial charge is 0.396 e. The van der Waals surface area contributed by atoms with E-state index >= 15 is 0 Å². The van der Waals surface area contributed by atoms with E-state index in [0.29, 0.717) is 17.0 Å². The molecule has 1 aromatic rings. The normalized spacial score (nSPS) is 26.2. The molecule has 3 heterocycles. The number of anilines is 1. The molecule has 2 N–H and O–H groups in total. The van der Waals surface area contributed by atoms with Crippen molar-refractivity contribution in [3.05, 3.63) is 29.3 Å². The third kappa shape index (κ3) is 2.40. The van der Waals surface area contributed by atoms with Crippen LogP contribution in [0.4, 0.5) is 5.69 Å². The summed E-state index contributed by atoms with van der Waals surface area (Å²) >= 11 is 0. The summed E-state index contributed by atoms with van der Waals surface area (Å²) in [5.74, 6) is -1.53. The summed E-state index contributed by atoms with van der Waals surface area (Å²) < 4.78 is 0. The summed E-state index contributed by atoms with van der Waals surface area (Å²) in [4.78, 5) is 52.3. The number of aliphatic hydroxyl groups excluding tert-OH is 1. The van der Waals surface area contributed by atoms with E-state index in [1.54, 1.807) is 12.1 Å². The zero-order valence-electron chi connectivity index (χ0n) is 15.3. The van der Waals surface area contributed by atoms with E-state index in [4.69, 9.17) is 0 Å². The minimum absolute atomic E-state index is 0.111. The number of carbonyl (C=O) groups excluding carboxylic acids is 4. The lowest BCUT2D eigenvalue weighted by atomic mass is 9.58. The van der Waals surface area contributed by atoms with Gasteiger partial charge in [-0.15, -0.1) is 0 Å². The molecule has 0 aromatic heterocycles. The summed E-state index contributed by atoms with van der Waals surface area (Å²) in [5.41, 5.74) is 1.79. The van der Waals surface area contributed by atoms with Crippen molar-refractivity contribution in [2.75, 3.05) is 24.6 Å². The second kappa shape index (κ2) is 5.88. The smallest absolute Gasteiger partial charge is 0.262 e. The fourth-order valence-electron chi connectivity index (χ4n) is 5.15. The fourth-order valence-corrected chi connectivity index (χ4v) is 5.15. The molecule has 1 saturated carbocycles. The van der Waals surface area contributed by atoms with Crippen LogP contribution in [-0.4, -0.2) is 59.4 Å². The maximum Gasteiger partial charge on any atom is 0.262 e. The molecule has 3 fully saturated rings. The predicted octanol–water partition coefficient (Wildman–Crippen LogP) is 0.296. The minimum Gasteiger partial charge on any atom is -0.396 e. The zero-order valence-corrected chi connectivity index (χ0v) is 15.3. The number of benzene rings is 1. The van der Waals surface area contributed by atoms with Gasteiger partial charge >= 0.3 is 0 Å². The van der Waals surface area contributed by atoms with Crippen LogP contribution < -0.4 is 10.2 Å². The number of aliphatic hydroxyl groups is 1. The van der Waals surface area contributed by atoms with E-state index < -0.39 is 23.8 Å². The number of imide groups is 2. The molecule has 4 aliphatic rings. The third-order valence-electron chi connectivity index (χ3n) is 6.54. The molecule has 0 bridgehead atoms. The summed E-state index contributed by atoms with van der Waals surface area (Å²) in [7, 11) is 0. The Labute approximate surface area is 161 Å². The molecule has 28 heavy (non-hydrogen) atoms. The Bertz CT molecular complexity index is 912. The van der Waals surface area contributed by atoms with Gasteiger partial charge < -0.3 is 10.0 Å². The number of fused-ring (bicyclic) bond motifs is 1. The number of hydrogen-bond donors (Lipinski definition) is 2. The second-order valence-electron chi connectivity index (χ2n) is 8.49. The molecule has 3 aliphatic heterocycles. The molecule has 8 heteroatoms. The monoisotopic (exact) mass is 383 g/mol. The van der Waals surface area contributed by atoms with Crippen LogP contribution in [0.2, 0.25) is 0 Å². The van der Waals surface area contributed by atoms with Crippen LogP contribution in [0.5, 0.6) is 0 Å². The Kier molecular flexibility index (Phi) is 3.64. The molecular weight excluding hydrogens is 362 g/mol. The number of amides is 4. The third-order valence-corrected chi connectivity index (χ3v) is 6.54. The first-order valence-electron chi connectivity index (χ1n) is 9.62. The van der Waals surface area contributed by atoms with Gasteiger partial charge in [-0.2, -0.15) is 0 Å². The first-order valence-corrected chi connectivity index (χ1v) is 9.62. The highest BCUT2D eigenvalue weighted by atomic mass is 16.3. The van der Waals surface area contributed by atoms with Gasteiger partial charge in [0.25, 0.3) is 11.8 Å². The number of nitrogens with one attached hydrogen (secondary N) is 1.